The average Bonchev–Trinajstić information content (AvgIpc) is 3.23. The van der Waals surface area contributed by atoms with Gasteiger partial charge in [0.15, 0.2) is 3.63 Å². The van der Waals surface area contributed by atoms with Crippen molar-refractivity contribution in [3.63, 3.8) is 0 Å². The Kier molecular flexibility index (Phi) is 5.71. The van der Waals surface area contributed by atoms with Gasteiger partial charge in [0.2, 0.25) is 11.8 Å². The summed E-state index contributed by atoms with van der Waals surface area (Å²) in [5, 5.41) is 23.0. The van der Waals surface area contributed by atoms with Gasteiger partial charge >= 0.3 is 5.97 Å². The fourth-order valence-electron chi connectivity index (χ4n) is 2.04. The van der Waals surface area contributed by atoms with Crippen molar-refractivity contribution < 1.29 is 22.9 Å². The summed E-state index contributed by atoms with van der Waals surface area (Å²) in [6.45, 7) is 0.319. The van der Waals surface area contributed by atoms with Gasteiger partial charge in [0.1, 0.15) is 26.1 Å². The van der Waals surface area contributed by atoms with Crippen molar-refractivity contribution in [1.82, 2.24) is 0 Å². The Bertz CT molecular complexity index is 827. The SMILES string of the molecule is O=C(CCC1=NC(C2=NCC(O)C=C2)=IO1)Nc1sccc1C(=O)O. The largest absolute Gasteiger partial charge is 0.478 e. The summed E-state index contributed by atoms with van der Waals surface area (Å²) in [5.74, 6) is -0.874. The molecule has 1 atom stereocenters. The molecule has 3 N–H and O–H groups in total. The molecule has 1 aromatic heterocycles. The lowest BCUT2D eigenvalue weighted by Crippen LogP contribution is -2.18. The lowest BCUT2D eigenvalue weighted by Gasteiger charge is -2.08. The Morgan fingerprint density at radius 1 is 1.48 bits per heavy atom. The second kappa shape index (κ2) is 7.97. The number of nitrogens with one attached hydrogen (secondary N) is 1. The summed E-state index contributed by atoms with van der Waals surface area (Å²) >= 11 is 0.417. The second-order valence-corrected chi connectivity index (χ2v) is 7.94. The zero-order valence-electron chi connectivity index (χ0n) is 12.8. The smallest absolute Gasteiger partial charge is 0.338 e. The van der Waals surface area contributed by atoms with E-state index in [1.807, 2.05) is 0 Å². The number of carboxylic acids is 1. The lowest BCUT2D eigenvalue weighted by atomic mass is 10.2. The number of carbonyl (C=O) groups excluding carboxylic acids is 1. The number of dihydropyridines is 1. The van der Waals surface area contributed by atoms with Gasteiger partial charge in [0, 0.05) is 12.8 Å². The monoisotopic (exact) mass is 475 g/mol. The maximum absolute atomic E-state index is 12.0. The minimum Gasteiger partial charge on any atom is -0.478 e. The van der Waals surface area contributed by atoms with E-state index in [0.29, 0.717) is 23.9 Å². The minimum absolute atomic E-state index is 0.0820. The molecule has 1 amide bonds. The summed E-state index contributed by atoms with van der Waals surface area (Å²) in [5.41, 5.74) is 0.806. The number of aliphatic imine (C=N–C) groups is 2. The molecule has 3 rings (SSSR count). The summed E-state index contributed by atoms with van der Waals surface area (Å²) in [6, 6.07) is 1.45. The number of carbonyl (C=O) groups is 2. The van der Waals surface area contributed by atoms with E-state index in [4.69, 9.17) is 8.17 Å². The third-order valence-electron chi connectivity index (χ3n) is 3.27. The quantitative estimate of drug-likeness (QED) is 0.544. The van der Waals surface area contributed by atoms with E-state index in [-0.39, 0.29) is 17.9 Å². The third kappa shape index (κ3) is 4.58. The molecule has 0 aliphatic carbocycles. The first kappa shape index (κ1) is 17.9. The number of thiophene rings is 1. The molecule has 0 aromatic carbocycles. The molecular weight excluding hydrogens is 461 g/mol. The molecule has 1 aromatic rings. The van der Waals surface area contributed by atoms with E-state index >= 15 is 0 Å². The number of nitrogens with zero attached hydrogens (tertiary/aromatic N) is 2. The molecule has 0 spiro atoms. The van der Waals surface area contributed by atoms with Crippen LogP contribution in [0.4, 0.5) is 5.00 Å². The van der Waals surface area contributed by atoms with Crippen LogP contribution in [-0.2, 0) is 7.86 Å². The Hall–Kier alpha value is -1.92. The van der Waals surface area contributed by atoms with Gasteiger partial charge in [-0.05, 0) is 17.5 Å². The van der Waals surface area contributed by atoms with Crippen LogP contribution in [0.1, 0.15) is 23.2 Å². The van der Waals surface area contributed by atoms with Crippen molar-refractivity contribution in [2.75, 3.05) is 11.9 Å². The predicted octanol–water partition coefficient (Wildman–Crippen LogP) is 1.98. The van der Waals surface area contributed by atoms with Crippen LogP contribution in [-0.4, -0.2) is 50.0 Å². The van der Waals surface area contributed by atoms with Crippen LogP contribution < -0.4 is 5.32 Å². The van der Waals surface area contributed by atoms with Crippen molar-refractivity contribution >= 4 is 64.6 Å². The molecule has 1 unspecified atom stereocenters. The summed E-state index contributed by atoms with van der Waals surface area (Å²) in [6.07, 6.45) is 3.33. The van der Waals surface area contributed by atoms with Crippen molar-refractivity contribution in [2.24, 2.45) is 9.98 Å². The number of anilines is 1. The maximum Gasteiger partial charge on any atom is 0.338 e. The Morgan fingerprint density at radius 3 is 3.04 bits per heavy atom. The van der Waals surface area contributed by atoms with Crippen LogP contribution in [0.3, 0.4) is 0 Å². The lowest BCUT2D eigenvalue weighted by molar-refractivity contribution is -0.116. The van der Waals surface area contributed by atoms with Gasteiger partial charge in [-0.1, -0.05) is 6.08 Å². The second-order valence-electron chi connectivity index (χ2n) is 5.12. The molecule has 0 fully saturated rings. The van der Waals surface area contributed by atoms with Crippen LogP contribution in [0.25, 0.3) is 0 Å². The van der Waals surface area contributed by atoms with Gasteiger partial charge in [-0.3, -0.25) is 9.79 Å². The molecule has 0 radical (unpaired) electrons. The number of carboxylic acid groups (broad SMARTS) is 1. The fraction of sp³-hybridized carbons (Fsp3) is 0.267. The highest BCUT2D eigenvalue weighted by atomic mass is 127. The molecule has 0 saturated carbocycles. The molecule has 0 bridgehead atoms. The molecule has 132 valence electrons. The zero-order chi connectivity index (χ0) is 17.8. The van der Waals surface area contributed by atoms with Crippen molar-refractivity contribution in [2.45, 2.75) is 18.9 Å². The number of rotatable bonds is 6. The highest BCUT2D eigenvalue weighted by Crippen LogP contribution is 2.24. The van der Waals surface area contributed by atoms with E-state index in [1.54, 1.807) is 17.5 Å². The molecule has 10 heteroatoms. The first-order valence-corrected chi connectivity index (χ1v) is 10.1. The Morgan fingerprint density at radius 2 is 2.32 bits per heavy atom. The van der Waals surface area contributed by atoms with Gasteiger partial charge in [0.05, 0.1) is 23.9 Å². The molecule has 25 heavy (non-hydrogen) atoms. The predicted molar refractivity (Wildman–Crippen MR) is 104 cm³/mol. The zero-order valence-corrected chi connectivity index (χ0v) is 15.8. The first-order valence-electron chi connectivity index (χ1n) is 7.31. The highest BCUT2D eigenvalue weighted by Gasteiger charge is 2.19. The van der Waals surface area contributed by atoms with E-state index < -0.39 is 33.2 Å². The number of aliphatic hydroxyl groups excluding tert-OH is 1. The average molecular weight is 475 g/mol. The third-order valence-corrected chi connectivity index (χ3v) is 6.04. The van der Waals surface area contributed by atoms with Crippen molar-refractivity contribution in [3.8, 4) is 0 Å². The topological polar surface area (TPSA) is 121 Å². The first-order chi connectivity index (χ1) is 12.0. The van der Waals surface area contributed by atoms with Gasteiger partial charge in [0.25, 0.3) is 0 Å². The van der Waals surface area contributed by atoms with E-state index in [1.165, 1.54) is 17.4 Å². The van der Waals surface area contributed by atoms with Crippen molar-refractivity contribution in [3.05, 3.63) is 29.2 Å². The number of amides is 1. The van der Waals surface area contributed by atoms with Gasteiger partial charge in [-0.2, -0.15) is 0 Å². The minimum atomic E-state index is -1.07. The standard InChI is InChI=1S/C15H14IN3O5S/c20-8-1-2-10(17-7-8)13-16-24-12(19-13)4-3-11(21)18-14-9(15(22)23)5-6-25-14/h1-2,5-6,8,20H,3-4,7H2,(H,18,21)(H,22,23). The van der Waals surface area contributed by atoms with Crippen LogP contribution in [0, 0.1) is 0 Å². The molecule has 8 nitrogen and oxygen atoms in total. The number of hydrogen-bond donors (Lipinski definition) is 3. The van der Waals surface area contributed by atoms with E-state index in [0.717, 1.165) is 9.34 Å². The van der Waals surface area contributed by atoms with Crippen molar-refractivity contribution in [1.29, 1.82) is 0 Å². The molecule has 2 aliphatic heterocycles. The molecule has 0 saturated heterocycles. The van der Waals surface area contributed by atoms with Crippen LogP contribution in [0.5, 0.6) is 0 Å². The summed E-state index contributed by atoms with van der Waals surface area (Å²) in [4.78, 5) is 31.6. The van der Waals surface area contributed by atoms with Gasteiger partial charge in [-0.25, -0.2) is 9.79 Å². The number of hydrogen-bond acceptors (Lipinski definition) is 7. The molecular formula is C15H14IN3O5S. The van der Waals surface area contributed by atoms with E-state index in [2.05, 4.69) is 15.3 Å². The highest BCUT2D eigenvalue weighted by molar-refractivity contribution is 14.2. The van der Waals surface area contributed by atoms with Crippen LogP contribution in [0.15, 0.2) is 33.6 Å². The van der Waals surface area contributed by atoms with Gasteiger partial charge < -0.3 is 18.6 Å². The number of halogens is 1. The Labute approximate surface area is 157 Å². The number of aromatic carboxylic acids is 1. The molecule has 3 heterocycles. The fourth-order valence-corrected chi connectivity index (χ4v) is 4.56. The van der Waals surface area contributed by atoms with Gasteiger partial charge in [-0.15, -0.1) is 11.3 Å². The number of aliphatic hydroxyl groups is 1. The summed E-state index contributed by atoms with van der Waals surface area (Å²) in [7, 11) is 0. The normalized spacial score (nSPS) is 19.2. The molecule has 2 aliphatic rings. The Balaban J connectivity index is 1.52. The summed E-state index contributed by atoms with van der Waals surface area (Å²) < 4.78 is 6.35. The van der Waals surface area contributed by atoms with Crippen LogP contribution >= 0.6 is 32.5 Å². The van der Waals surface area contributed by atoms with E-state index in [9.17, 15) is 14.7 Å². The van der Waals surface area contributed by atoms with Crippen LogP contribution in [0.2, 0.25) is 0 Å². The maximum atomic E-state index is 12.0.